The van der Waals surface area contributed by atoms with Gasteiger partial charge >= 0.3 is 0 Å². The molecule has 0 aliphatic rings. The summed E-state index contributed by atoms with van der Waals surface area (Å²) in [7, 11) is 0.911. The molecule has 2 aromatic carbocycles. The normalized spacial score (nSPS) is 12.5. The Morgan fingerprint density at radius 2 is 1.81 bits per heavy atom. The van der Waals surface area contributed by atoms with Crippen molar-refractivity contribution in [2.24, 2.45) is 0 Å². The molecule has 140 valence electrons. The van der Waals surface area contributed by atoms with Gasteiger partial charge in [0.25, 0.3) is 0 Å². The predicted octanol–water partition coefficient (Wildman–Crippen LogP) is 2.38. The standard InChI is InChI=1S/C18H23N3O4S/c1-13(19-16-10-5-6-11-17(16)25-4)18(22)20-14-8-7-9-15(12-14)26(23,24)21(2)3/h5-13,19H,1-4H3,(H,20,22)/t13-/m0/s1. The SMILES string of the molecule is COc1ccccc1N[C@@H](C)C(=O)Nc1cccc(S(=O)(=O)N(C)C)c1. The Bertz CT molecular complexity index is 882. The lowest BCUT2D eigenvalue weighted by Gasteiger charge is -2.18. The summed E-state index contributed by atoms with van der Waals surface area (Å²) in [6, 6.07) is 12.9. The first-order valence-electron chi connectivity index (χ1n) is 7.98. The minimum Gasteiger partial charge on any atom is -0.495 e. The van der Waals surface area contributed by atoms with Crippen LogP contribution in [-0.4, -0.2) is 45.9 Å². The first-order valence-corrected chi connectivity index (χ1v) is 9.42. The van der Waals surface area contributed by atoms with Crippen LogP contribution in [0, 0.1) is 0 Å². The fourth-order valence-electron chi connectivity index (χ4n) is 2.26. The van der Waals surface area contributed by atoms with Crippen molar-refractivity contribution in [3.05, 3.63) is 48.5 Å². The Hall–Kier alpha value is -2.58. The van der Waals surface area contributed by atoms with Gasteiger partial charge in [0.2, 0.25) is 15.9 Å². The van der Waals surface area contributed by atoms with Crippen molar-refractivity contribution >= 4 is 27.3 Å². The number of carbonyl (C=O) groups is 1. The van der Waals surface area contributed by atoms with Gasteiger partial charge in [0.15, 0.2) is 0 Å². The molecule has 0 heterocycles. The van der Waals surface area contributed by atoms with E-state index in [4.69, 9.17) is 4.74 Å². The molecule has 0 saturated heterocycles. The van der Waals surface area contributed by atoms with E-state index in [0.717, 1.165) is 4.31 Å². The van der Waals surface area contributed by atoms with Gasteiger partial charge in [-0.05, 0) is 37.3 Å². The van der Waals surface area contributed by atoms with Crippen LogP contribution in [0.4, 0.5) is 11.4 Å². The minimum absolute atomic E-state index is 0.116. The summed E-state index contributed by atoms with van der Waals surface area (Å²) >= 11 is 0. The number of methoxy groups -OCH3 is 1. The van der Waals surface area contributed by atoms with Gasteiger partial charge in [-0.25, -0.2) is 12.7 Å². The largest absolute Gasteiger partial charge is 0.495 e. The Kier molecular flexibility index (Phi) is 6.23. The number of carbonyl (C=O) groups excluding carboxylic acids is 1. The van der Waals surface area contributed by atoms with Gasteiger partial charge in [-0.15, -0.1) is 0 Å². The number of benzene rings is 2. The van der Waals surface area contributed by atoms with E-state index in [2.05, 4.69) is 10.6 Å². The zero-order valence-electron chi connectivity index (χ0n) is 15.2. The van der Waals surface area contributed by atoms with Crippen molar-refractivity contribution < 1.29 is 17.9 Å². The van der Waals surface area contributed by atoms with Crippen LogP contribution in [0.2, 0.25) is 0 Å². The molecule has 7 nitrogen and oxygen atoms in total. The van der Waals surface area contributed by atoms with E-state index >= 15 is 0 Å². The summed E-state index contributed by atoms with van der Waals surface area (Å²) < 4.78 is 30.8. The summed E-state index contributed by atoms with van der Waals surface area (Å²) in [5.74, 6) is 0.335. The zero-order chi connectivity index (χ0) is 19.3. The van der Waals surface area contributed by atoms with Crippen LogP contribution < -0.4 is 15.4 Å². The van der Waals surface area contributed by atoms with E-state index < -0.39 is 16.1 Å². The molecular formula is C18H23N3O4S. The highest BCUT2D eigenvalue weighted by Crippen LogP contribution is 2.24. The summed E-state index contributed by atoms with van der Waals surface area (Å²) in [6.45, 7) is 1.71. The van der Waals surface area contributed by atoms with Gasteiger partial charge in [-0.1, -0.05) is 18.2 Å². The quantitative estimate of drug-likeness (QED) is 0.774. The average Bonchev–Trinajstić information content (AvgIpc) is 2.62. The third kappa shape index (κ3) is 4.53. The topological polar surface area (TPSA) is 87.7 Å². The third-order valence-corrected chi connectivity index (χ3v) is 5.56. The maximum absolute atomic E-state index is 12.4. The Labute approximate surface area is 154 Å². The molecule has 1 atom stereocenters. The van der Waals surface area contributed by atoms with E-state index in [-0.39, 0.29) is 10.8 Å². The van der Waals surface area contributed by atoms with Crippen LogP contribution >= 0.6 is 0 Å². The van der Waals surface area contributed by atoms with Crippen LogP contribution in [0.3, 0.4) is 0 Å². The summed E-state index contributed by atoms with van der Waals surface area (Å²) in [5.41, 5.74) is 1.10. The number of hydrogen-bond acceptors (Lipinski definition) is 5. The number of sulfonamides is 1. The highest BCUT2D eigenvalue weighted by atomic mass is 32.2. The molecule has 0 aliphatic heterocycles. The van der Waals surface area contributed by atoms with Crippen LogP contribution in [0.1, 0.15) is 6.92 Å². The van der Waals surface area contributed by atoms with Crippen molar-refractivity contribution in [1.82, 2.24) is 4.31 Å². The molecule has 0 aliphatic carbocycles. The number of ether oxygens (including phenoxy) is 1. The molecule has 0 saturated carbocycles. The molecule has 2 rings (SSSR count). The van der Waals surface area contributed by atoms with Crippen molar-refractivity contribution in [2.75, 3.05) is 31.8 Å². The van der Waals surface area contributed by atoms with E-state index in [1.165, 1.54) is 26.2 Å². The third-order valence-electron chi connectivity index (χ3n) is 3.75. The number of anilines is 2. The van der Waals surface area contributed by atoms with E-state index in [1.54, 1.807) is 32.2 Å². The fraction of sp³-hybridized carbons (Fsp3) is 0.278. The molecular weight excluding hydrogens is 354 g/mol. The second-order valence-electron chi connectivity index (χ2n) is 5.87. The molecule has 0 spiro atoms. The number of nitrogens with one attached hydrogen (secondary N) is 2. The van der Waals surface area contributed by atoms with E-state index in [1.807, 2.05) is 18.2 Å². The fourth-order valence-corrected chi connectivity index (χ4v) is 3.21. The number of rotatable bonds is 7. The molecule has 8 heteroatoms. The van der Waals surface area contributed by atoms with Crippen molar-refractivity contribution in [1.29, 1.82) is 0 Å². The number of nitrogens with zero attached hydrogens (tertiary/aromatic N) is 1. The molecule has 0 unspecified atom stereocenters. The lowest BCUT2D eigenvalue weighted by molar-refractivity contribution is -0.116. The minimum atomic E-state index is -3.56. The summed E-state index contributed by atoms with van der Waals surface area (Å²) in [6.07, 6.45) is 0. The molecule has 2 aromatic rings. The first-order chi connectivity index (χ1) is 12.3. The summed E-state index contributed by atoms with van der Waals surface area (Å²) in [4.78, 5) is 12.6. The molecule has 0 aromatic heterocycles. The van der Waals surface area contributed by atoms with Gasteiger partial charge in [0.05, 0.1) is 17.7 Å². The van der Waals surface area contributed by atoms with Gasteiger partial charge < -0.3 is 15.4 Å². The lowest BCUT2D eigenvalue weighted by Crippen LogP contribution is -2.32. The predicted molar refractivity (Wildman–Crippen MR) is 102 cm³/mol. The second-order valence-corrected chi connectivity index (χ2v) is 8.02. The van der Waals surface area contributed by atoms with Crippen LogP contribution in [-0.2, 0) is 14.8 Å². The molecule has 26 heavy (non-hydrogen) atoms. The molecule has 0 radical (unpaired) electrons. The monoisotopic (exact) mass is 377 g/mol. The summed E-state index contributed by atoms with van der Waals surface area (Å²) in [5, 5.41) is 5.81. The molecule has 1 amide bonds. The highest BCUT2D eigenvalue weighted by molar-refractivity contribution is 7.89. The second kappa shape index (κ2) is 8.20. The highest BCUT2D eigenvalue weighted by Gasteiger charge is 2.19. The van der Waals surface area contributed by atoms with Crippen molar-refractivity contribution in [3.63, 3.8) is 0 Å². The molecule has 0 fully saturated rings. The Morgan fingerprint density at radius 3 is 2.46 bits per heavy atom. The van der Waals surface area contributed by atoms with E-state index in [0.29, 0.717) is 17.1 Å². The zero-order valence-corrected chi connectivity index (χ0v) is 16.0. The van der Waals surface area contributed by atoms with Crippen molar-refractivity contribution in [3.8, 4) is 5.75 Å². The van der Waals surface area contributed by atoms with Crippen LogP contribution in [0.25, 0.3) is 0 Å². The maximum Gasteiger partial charge on any atom is 0.246 e. The van der Waals surface area contributed by atoms with Crippen LogP contribution in [0.15, 0.2) is 53.4 Å². The number of hydrogen-bond donors (Lipinski definition) is 2. The van der Waals surface area contributed by atoms with Crippen LogP contribution in [0.5, 0.6) is 5.75 Å². The molecule has 0 bridgehead atoms. The van der Waals surface area contributed by atoms with Gasteiger partial charge in [0.1, 0.15) is 11.8 Å². The Balaban J connectivity index is 2.12. The average molecular weight is 377 g/mol. The number of para-hydroxylation sites is 2. The van der Waals surface area contributed by atoms with Gasteiger partial charge in [-0.3, -0.25) is 4.79 Å². The maximum atomic E-state index is 12.4. The Morgan fingerprint density at radius 1 is 1.12 bits per heavy atom. The van der Waals surface area contributed by atoms with E-state index in [9.17, 15) is 13.2 Å². The van der Waals surface area contributed by atoms with Gasteiger partial charge in [-0.2, -0.15) is 0 Å². The van der Waals surface area contributed by atoms with Gasteiger partial charge in [0, 0.05) is 19.8 Å². The van der Waals surface area contributed by atoms with Crippen molar-refractivity contribution in [2.45, 2.75) is 17.9 Å². The first kappa shape index (κ1) is 19.7. The molecule has 2 N–H and O–H groups in total. The smallest absolute Gasteiger partial charge is 0.246 e. The lowest BCUT2D eigenvalue weighted by atomic mass is 10.2. The number of amides is 1.